The number of nitrogens with zero attached hydrogens (tertiary/aromatic N) is 1. The second kappa shape index (κ2) is 6.16. The van der Waals surface area contributed by atoms with Crippen LogP contribution < -0.4 is 0 Å². The molecule has 1 fully saturated rings. The quantitative estimate of drug-likeness (QED) is 0.866. The van der Waals surface area contributed by atoms with Gasteiger partial charge in [0.05, 0.1) is 10.9 Å². The summed E-state index contributed by atoms with van der Waals surface area (Å²) in [5, 5.41) is 0. The van der Waals surface area contributed by atoms with Crippen LogP contribution >= 0.6 is 0 Å². The highest BCUT2D eigenvalue weighted by molar-refractivity contribution is 7.89. The molecule has 0 aliphatic carbocycles. The molecular weight excluding hydrogens is 310 g/mol. The van der Waals surface area contributed by atoms with E-state index < -0.39 is 10.0 Å². The number of benzene rings is 2. The van der Waals surface area contributed by atoms with Crippen LogP contribution in [0.2, 0.25) is 0 Å². The first-order valence-corrected chi connectivity index (χ1v) is 9.10. The fourth-order valence-corrected chi connectivity index (χ4v) is 4.59. The summed E-state index contributed by atoms with van der Waals surface area (Å²) in [5.74, 6) is -0.313. The Balaban J connectivity index is 1.91. The van der Waals surface area contributed by atoms with Crippen LogP contribution in [0.15, 0.2) is 59.5 Å². The summed E-state index contributed by atoms with van der Waals surface area (Å²) in [5.41, 5.74) is 2.02. The van der Waals surface area contributed by atoms with Crippen molar-refractivity contribution in [2.45, 2.75) is 37.1 Å². The molecule has 0 N–H and O–H groups in total. The van der Waals surface area contributed by atoms with Crippen molar-refractivity contribution >= 4 is 15.9 Å². The van der Waals surface area contributed by atoms with E-state index >= 15 is 0 Å². The molecule has 2 aromatic rings. The average molecular weight is 329 g/mol. The number of hydrogen-bond donors (Lipinski definition) is 0. The molecule has 5 heteroatoms. The van der Waals surface area contributed by atoms with Crippen molar-refractivity contribution in [3.63, 3.8) is 0 Å². The molecule has 0 spiro atoms. The average Bonchev–Trinajstić information content (AvgIpc) is 2.90. The van der Waals surface area contributed by atoms with E-state index in [1.807, 2.05) is 37.3 Å². The van der Waals surface area contributed by atoms with E-state index in [0.717, 1.165) is 15.4 Å². The summed E-state index contributed by atoms with van der Waals surface area (Å²) in [6.07, 6.45) is 1.40. The fraction of sp³-hybridized carbons (Fsp3) is 0.278. The molecule has 2 aromatic carbocycles. The van der Waals surface area contributed by atoms with E-state index in [0.29, 0.717) is 12.8 Å². The first-order chi connectivity index (χ1) is 11.0. The first-order valence-electron chi connectivity index (χ1n) is 7.66. The van der Waals surface area contributed by atoms with Gasteiger partial charge >= 0.3 is 0 Å². The Morgan fingerprint density at radius 2 is 1.70 bits per heavy atom. The van der Waals surface area contributed by atoms with Crippen molar-refractivity contribution in [3.05, 3.63) is 65.7 Å². The van der Waals surface area contributed by atoms with E-state index in [2.05, 4.69) is 0 Å². The maximum atomic E-state index is 12.9. The second-order valence-corrected chi connectivity index (χ2v) is 7.70. The summed E-state index contributed by atoms with van der Waals surface area (Å²) in [7, 11) is -3.79. The molecule has 3 rings (SSSR count). The highest BCUT2D eigenvalue weighted by Gasteiger charge is 2.40. The number of hydrogen-bond acceptors (Lipinski definition) is 3. The van der Waals surface area contributed by atoms with Crippen LogP contribution in [0, 0.1) is 6.92 Å². The third kappa shape index (κ3) is 3.15. The van der Waals surface area contributed by atoms with Crippen molar-refractivity contribution in [2.75, 3.05) is 0 Å². The molecule has 23 heavy (non-hydrogen) atoms. The molecule has 1 heterocycles. The minimum Gasteiger partial charge on any atom is -0.274 e. The summed E-state index contributed by atoms with van der Waals surface area (Å²) in [6, 6.07) is 16.0. The summed E-state index contributed by atoms with van der Waals surface area (Å²) in [4.78, 5) is 12.4. The molecule has 0 radical (unpaired) electrons. The molecular formula is C18H19NO3S. The van der Waals surface area contributed by atoms with Crippen molar-refractivity contribution in [3.8, 4) is 0 Å². The fourth-order valence-electron chi connectivity index (χ4n) is 2.95. The number of rotatable bonds is 4. The van der Waals surface area contributed by atoms with Crippen LogP contribution in [-0.4, -0.2) is 24.7 Å². The van der Waals surface area contributed by atoms with E-state index in [-0.39, 0.29) is 23.3 Å². The normalized spacial score (nSPS) is 18.4. The Kier molecular flexibility index (Phi) is 4.22. The Morgan fingerprint density at radius 1 is 1.04 bits per heavy atom. The topological polar surface area (TPSA) is 54.5 Å². The van der Waals surface area contributed by atoms with E-state index in [9.17, 15) is 13.2 Å². The minimum absolute atomic E-state index is 0.177. The largest absolute Gasteiger partial charge is 0.274 e. The van der Waals surface area contributed by atoms with Crippen molar-refractivity contribution in [1.82, 2.24) is 4.31 Å². The van der Waals surface area contributed by atoms with E-state index in [1.165, 1.54) is 0 Å². The Bertz CT molecular complexity index is 798. The standard InChI is InChI=1S/C18H19NO3S/c1-14-7-10-17(11-8-14)23(21,22)19-16(9-12-18(19)20)13-15-5-3-2-4-6-15/h2-8,10-11,16H,9,12-13H2,1H3. The van der Waals surface area contributed by atoms with Gasteiger partial charge in [0, 0.05) is 6.42 Å². The van der Waals surface area contributed by atoms with Gasteiger partial charge < -0.3 is 0 Å². The monoisotopic (exact) mass is 329 g/mol. The van der Waals surface area contributed by atoms with Gasteiger partial charge in [0.25, 0.3) is 10.0 Å². The molecule has 4 nitrogen and oxygen atoms in total. The maximum absolute atomic E-state index is 12.9. The molecule has 1 amide bonds. The van der Waals surface area contributed by atoms with Gasteiger partial charge in [-0.05, 0) is 37.5 Å². The molecule has 1 aliphatic rings. The highest BCUT2D eigenvalue weighted by Crippen LogP contribution is 2.29. The van der Waals surface area contributed by atoms with Crippen LogP contribution in [0.5, 0.6) is 0 Å². The van der Waals surface area contributed by atoms with E-state index in [1.54, 1.807) is 24.3 Å². The van der Waals surface area contributed by atoms with Gasteiger partial charge in [0.15, 0.2) is 0 Å². The Morgan fingerprint density at radius 3 is 2.35 bits per heavy atom. The summed E-state index contributed by atoms with van der Waals surface area (Å²) < 4.78 is 26.8. The zero-order valence-corrected chi connectivity index (χ0v) is 13.8. The SMILES string of the molecule is Cc1ccc(S(=O)(=O)N2C(=O)CCC2Cc2ccccc2)cc1. The summed E-state index contributed by atoms with van der Waals surface area (Å²) >= 11 is 0. The predicted octanol–water partition coefficient (Wildman–Crippen LogP) is 2.92. The number of sulfonamides is 1. The van der Waals surface area contributed by atoms with Crippen LogP contribution in [0.3, 0.4) is 0 Å². The lowest BCUT2D eigenvalue weighted by atomic mass is 10.1. The van der Waals surface area contributed by atoms with Crippen molar-refractivity contribution in [1.29, 1.82) is 0 Å². The Hall–Kier alpha value is -2.14. The predicted molar refractivity (Wildman–Crippen MR) is 88.4 cm³/mol. The van der Waals surface area contributed by atoms with Gasteiger partial charge in [0.2, 0.25) is 5.91 Å². The lowest BCUT2D eigenvalue weighted by Gasteiger charge is -2.24. The molecule has 1 unspecified atom stereocenters. The highest BCUT2D eigenvalue weighted by atomic mass is 32.2. The van der Waals surface area contributed by atoms with E-state index in [4.69, 9.17) is 0 Å². The van der Waals surface area contributed by atoms with Crippen LogP contribution in [0.25, 0.3) is 0 Å². The molecule has 120 valence electrons. The summed E-state index contributed by atoms with van der Waals surface area (Å²) in [6.45, 7) is 1.90. The number of carbonyl (C=O) groups excluding carboxylic acids is 1. The van der Waals surface area contributed by atoms with Gasteiger partial charge in [-0.1, -0.05) is 48.0 Å². The third-order valence-corrected chi connectivity index (χ3v) is 6.05. The van der Waals surface area contributed by atoms with Crippen molar-refractivity contribution < 1.29 is 13.2 Å². The lowest BCUT2D eigenvalue weighted by Crippen LogP contribution is -2.39. The smallest absolute Gasteiger partial charge is 0.266 e. The lowest BCUT2D eigenvalue weighted by molar-refractivity contribution is -0.124. The molecule has 0 saturated carbocycles. The van der Waals surface area contributed by atoms with Gasteiger partial charge in [0.1, 0.15) is 0 Å². The van der Waals surface area contributed by atoms with Gasteiger partial charge in [-0.25, -0.2) is 12.7 Å². The van der Waals surface area contributed by atoms with Gasteiger partial charge in [-0.15, -0.1) is 0 Å². The molecule has 0 bridgehead atoms. The minimum atomic E-state index is -3.79. The molecule has 1 saturated heterocycles. The van der Waals surface area contributed by atoms with Crippen molar-refractivity contribution in [2.24, 2.45) is 0 Å². The van der Waals surface area contributed by atoms with Crippen LogP contribution in [0.4, 0.5) is 0 Å². The maximum Gasteiger partial charge on any atom is 0.266 e. The van der Waals surface area contributed by atoms with Crippen LogP contribution in [0.1, 0.15) is 24.0 Å². The number of amides is 1. The van der Waals surface area contributed by atoms with Gasteiger partial charge in [-0.2, -0.15) is 0 Å². The number of carbonyl (C=O) groups is 1. The van der Waals surface area contributed by atoms with Crippen LogP contribution in [-0.2, 0) is 21.2 Å². The molecule has 1 atom stereocenters. The Labute approximate surface area is 136 Å². The molecule has 1 aliphatic heterocycles. The van der Waals surface area contributed by atoms with Gasteiger partial charge in [-0.3, -0.25) is 4.79 Å². The third-order valence-electron chi connectivity index (χ3n) is 4.16. The molecule has 0 aromatic heterocycles. The zero-order chi connectivity index (χ0) is 16.4. The first kappa shape index (κ1) is 15.7. The number of aryl methyl sites for hydroxylation is 1. The zero-order valence-electron chi connectivity index (χ0n) is 13.0. The second-order valence-electron chi connectivity index (χ2n) is 5.89.